The van der Waals surface area contributed by atoms with E-state index in [1.54, 1.807) is 0 Å². The first-order valence-corrected chi connectivity index (χ1v) is 9.53. The van der Waals surface area contributed by atoms with E-state index in [1.165, 1.54) is 77.0 Å². The lowest BCUT2D eigenvalue weighted by Crippen LogP contribution is -2.11. The molecule has 0 aromatic heterocycles. The van der Waals surface area contributed by atoms with E-state index in [1.807, 2.05) is 0 Å². The Morgan fingerprint density at radius 3 is 1.55 bits per heavy atom. The topological polar surface area (TPSA) is 57.5 Å². The number of carboxylic acids is 1. The van der Waals surface area contributed by atoms with Crippen molar-refractivity contribution in [1.82, 2.24) is 0 Å². The van der Waals surface area contributed by atoms with Crippen molar-refractivity contribution in [3.8, 4) is 0 Å². The second-order valence-electron chi connectivity index (χ2n) is 6.68. The lowest BCUT2D eigenvalue weighted by atomic mass is 9.98. The Labute approximate surface area is 137 Å². The Morgan fingerprint density at radius 2 is 1.18 bits per heavy atom. The molecule has 0 aromatic rings. The van der Waals surface area contributed by atoms with Gasteiger partial charge in [-0.15, -0.1) is 0 Å². The van der Waals surface area contributed by atoms with E-state index in [0.29, 0.717) is 0 Å². The molecule has 0 rings (SSSR count). The molecule has 0 amide bonds. The molecule has 0 radical (unpaired) electrons. The highest BCUT2D eigenvalue weighted by molar-refractivity contribution is 5.66. The highest BCUT2D eigenvalue weighted by atomic mass is 16.4. The van der Waals surface area contributed by atoms with Gasteiger partial charge in [0.05, 0.1) is 6.42 Å². The highest BCUT2D eigenvalue weighted by Gasteiger charge is 2.11. The zero-order chi connectivity index (χ0) is 16.5. The summed E-state index contributed by atoms with van der Waals surface area (Å²) >= 11 is 0. The molecule has 1 unspecified atom stereocenters. The molecule has 0 aliphatic carbocycles. The van der Waals surface area contributed by atoms with Gasteiger partial charge in [-0.2, -0.15) is 0 Å². The molecular formula is C19H38O3. The average molecular weight is 315 g/mol. The molecule has 3 nitrogen and oxygen atoms in total. The molecule has 0 aliphatic rings. The third kappa shape index (κ3) is 15.8. The quantitative estimate of drug-likeness (QED) is 0.346. The molecule has 0 saturated carbocycles. The molecule has 0 aromatic carbocycles. The number of rotatable bonds is 17. The van der Waals surface area contributed by atoms with Gasteiger partial charge in [0.15, 0.2) is 0 Å². The fourth-order valence-electron chi connectivity index (χ4n) is 2.96. The highest BCUT2D eigenvalue weighted by Crippen LogP contribution is 2.16. The first-order chi connectivity index (χ1) is 10.7. The molecule has 0 bridgehead atoms. The van der Waals surface area contributed by atoms with Crippen molar-refractivity contribution < 1.29 is 15.0 Å². The summed E-state index contributed by atoms with van der Waals surface area (Å²) in [6.45, 7) is 2.26. The summed E-state index contributed by atoms with van der Waals surface area (Å²) in [5.41, 5.74) is 0. The molecular weight excluding hydrogens is 276 g/mol. The Hall–Kier alpha value is -0.570. The minimum absolute atomic E-state index is 0.00452. The predicted molar refractivity (Wildman–Crippen MR) is 93.1 cm³/mol. The molecule has 22 heavy (non-hydrogen) atoms. The number of unbranched alkanes of at least 4 members (excludes halogenated alkanes) is 12. The van der Waals surface area contributed by atoms with Crippen molar-refractivity contribution in [3.05, 3.63) is 0 Å². The van der Waals surface area contributed by atoms with Gasteiger partial charge in [-0.05, 0) is 12.3 Å². The zero-order valence-corrected chi connectivity index (χ0v) is 14.7. The lowest BCUT2D eigenvalue weighted by molar-refractivity contribution is -0.138. The van der Waals surface area contributed by atoms with Crippen LogP contribution in [0.2, 0.25) is 0 Å². The zero-order valence-electron chi connectivity index (χ0n) is 14.7. The van der Waals surface area contributed by atoms with E-state index in [4.69, 9.17) is 10.2 Å². The summed E-state index contributed by atoms with van der Waals surface area (Å²) in [5.74, 6) is -0.848. The minimum Gasteiger partial charge on any atom is -0.481 e. The summed E-state index contributed by atoms with van der Waals surface area (Å²) in [6.07, 6.45) is 18.2. The molecule has 0 heterocycles. The summed E-state index contributed by atoms with van der Waals surface area (Å²) in [6, 6.07) is 0. The predicted octanol–water partition coefficient (Wildman–Crippen LogP) is 5.55. The fraction of sp³-hybridized carbons (Fsp3) is 0.947. The molecule has 3 heteroatoms. The lowest BCUT2D eigenvalue weighted by Gasteiger charge is -2.10. The number of carboxylic acid groups (broad SMARTS) is 1. The third-order valence-corrected chi connectivity index (χ3v) is 4.44. The normalized spacial score (nSPS) is 12.5. The van der Waals surface area contributed by atoms with Gasteiger partial charge in [0.1, 0.15) is 0 Å². The van der Waals surface area contributed by atoms with Crippen molar-refractivity contribution >= 4 is 5.97 Å². The number of aliphatic hydroxyl groups excluding tert-OH is 1. The van der Waals surface area contributed by atoms with Crippen molar-refractivity contribution in [3.63, 3.8) is 0 Å². The number of aliphatic carboxylic acids is 1. The van der Waals surface area contributed by atoms with E-state index in [2.05, 4.69) is 6.92 Å². The molecule has 0 fully saturated rings. The SMILES string of the molecule is CCCCCCCCCCCCCCCC(CO)CC(=O)O. The van der Waals surface area contributed by atoms with Gasteiger partial charge in [-0.3, -0.25) is 4.79 Å². The second-order valence-corrected chi connectivity index (χ2v) is 6.68. The van der Waals surface area contributed by atoms with Crippen LogP contribution in [-0.4, -0.2) is 22.8 Å². The molecule has 1 atom stereocenters. The van der Waals surface area contributed by atoms with Gasteiger partial charge in [0.2, 0.25) is 0 Å². The summed E-state index contributed by atoms with van der Waals surface area (Å²) in [7, 11) is 0. The van der Waals surface area contributed by atoms with Gasteiger partial charge in [-0.25, -0.2) is 0 Å². The fourth-order valence-corrected chi connectivity index (χ4v) is 2.96. The van der Waals surface area contributed by atoms with Gasteiger partial charge in [-0.1, -0.05) is 90.4 Å². The number of carbonyl (C=O) groups is 1. The molecule has 2 N–H and O–H groups in total. The maximum atomic E-state index is 10.6. The Kier molecular flexibility index (Phi) is 16.4. The van der Waals surface area contributed by atoms with E-state index < -0.39 is 5.97 Å². The monoisotopic (exact) mass is 314 g/mol. The van der Waals surface area contributed by atoms with Gasteiger partial charge in [0, 0.05) is 6.61 Å². The van der Waals surface area contributed by atoms with Gasteiger partial charge < -0.3 is 10.2 Å². The van der Waals surface area contributed by atoms with Crippen molar-refractivity contribution in [2.45, 2.75) is 103 Å². The van der Waals surface area contributed by atoms with Crippen LogP contribution in [0.1, 0.15) is 103 Å². The van der Waals surface area contributed by atoms with Crippen LogP contribution in [0.3, 0.4) is 0 Å². The van der Waals surface area contributed by atoms with Crippen LogP contribution >= 0.6 is 0 Å². The van der Waals surface area contributed by atoms with Crippen LogP contribution in [0.15, 0.2) is 0 Å². The van der Waals surface area contributed by atoms with Crippen LogP contribution in [0.4, 0.5) is 0 Å². The van der Waals surface area contributed by atoms with Gasteiger partial charge in [0.25, 0.3) is 0 Å². The Morgan fingerprint density at radius 1 is 0.773 bits per heavy atom. The smallest absolute Gasteiger partial charge is 0.303 e. The van der Waals surface area contributed by atoms with Crippen LogP contribution in [0.25, 0.3) is 0 Å². The van der Waals surface area contributed by atoms with Crippen LogP contribution in [0, 0.1) is 5.92 Å². The maximum absolute atomic E-state index is 10.6. The van der Waals surface area contributed by atoms with Crippen molar-refractivity contribution in [2.24, 2.45) is 5.92 Å². The molecule has 0 aliphatic heterocycles. The number of hydrogen-bond acceptors (Lipinski definition) is 2. The second kappa shape index (κ2) is 16.8. The van der Waals surface area contributed by atoms with E-state index in [0.717, 1.165) is 12.8 Å². The third-order valence-electron chi connectivity index (χ3n) is 4.44. The molecule has 132 valence electrons. The first kappa shape index (κ1) is 21.4. The average Bonchev–Trinajstić information content (AvgIpc) is 2.50. The minimum atomic E-state index is -0.797. The van der Waals surface area contributed by atoms with Crippen molar-refractivity contribution in [2.75, 3.05) is 6.61 Å². The summed E-state index contributed by atoms with van der Waals surface area (Å²) in [4.78, 5) is 10.6. The van der Waals surface area contributed by atoms with Crippen molar-refractivity contribution in [1.29, 1.82) is 0 Å². The van der Waals surface area contributed by atoms with Gasteiger partial charge >= 0.3 is 5.97 Å². The molecule has 0 spiro atoms. The van der Waals surface area contributed by atoms with E-state index in [9.17, 15) is 4.79 Å². The Bertz CT molecular complexity index is 241. The largest absolute Gasteiger partial charge is 0.481 e. The molecule has 0 saturated heterocycles. The summed E-state index contributed by atoms with van der Waals surface area (Å²) in [5, 5.41) is 17.8. The maximum Gasteiger partial charge on any atom is 0.303 e. The first-order valence-electron chi connectivity index (χ1n) is 9.53. The standard InChI is InChI=1S/C19H38O3/c1-2-3-4-5-6-7-8-9-10-11-12-13-14-15-18(17-20)16-19(21)22/h18,20H,2-17H2,1H3,(H,21,22). The van der Waals surface area contributed by atoms with Crippen LogP contribution in [-0.2, 0) is 4.79 Å². The van der Waals surface area contributed by atoms with Crippen LogP contribution < -0.4 is 0 Å². The number of aliphatic hydroxyl groups is 1. The van der Waals surface area contributed by atoms with Crippen LogP contribution in [0.5, 0.6) is 0 Å². The Balaban J connectivity index is 3.18. The van der Waals surface area contributed by atoms with E-state index >= 15 is 0 Å². The number of hydrogen-bond donors (Lipinski definition) is 2. The van der Waals surface area contributed by atoms with E-state index in [-0.39, 0.29) is 18.9 Å². The summed E-state index contributed by atoms with van der Waals surface area (Å²) < 4.78 is 0.